The molecule has 84 valence electrons. The Labute approximate surface area is 97.2 Å². The van der Waals surface area contributed by atoms with Gasteiger partial charge in [-0.1, -0.05) is 11.6 Å². The molecule has 2 aromatic rings. The zero-order chi connectivity index (χ0) is 11.7. The first-order valence-corrected chi connectivity index (χ1v) is 5.12. The second kappa shape index (κ2) is 4.06. The lowest BCUT2D eigenvalue weighted by atomic mass is 10.1. The highest BCUT2D eigenvalue weighted by Gasteiger charge is 2.09. The van der Waals surface area contributed by atoms with Crippen molar-refractivity contribution in [2.24, 2.45) is 0 Å². The van der Waals surface area contributed by atoms with Crippen molar-refractivity contribution in [2.75, 3.05) is 7.11 Å². The molecular formula is C11H11ClN2O2. The van der Waals surface area contributed by atoms with Crippen LogP contribution in [0.1, 0.15) is 5.56 Å². The first-order valence-electron chi connectivity index (χ1n) is 4.74. The van der Waals surface area contributed by atoms with Crippen molar-refractivity contribution in [3.63, 3.8) is 0 Å². The first kappa shape index (κ1) is 10.8. The molecule has 5 heteroatoms. The lowest BCUT2D eigenvalue weighted by molar-refractivity contribution is 0.415. The molecule has 0 radical (unpaired) electrons. The van der Waals surface area contributed by atoms with Crippen LogP contribution in [0, 0.1) is 6.92 Å². The summed E-state index contributed by atoms with van der Waals surface area (Å²) in [5, 5.41) is 0.519. The van der Waals surface area contributed by atoms with Crippen molar-refractivity contribution in [1.29, 1.82) is 0 Å². The van der Waals surface area contributed by atoms with Crippen LogP contribution >= 0.6 is 11.6 Å². The summed E-state index contributed by atoms with van der Waals surface area (Å²) in [5.41, 5.74) is 2.34. The summed E-state index contributed by atoms with van der Waals surface area (Å²) in [6, 6.07) is 3.61. The number of aryl methyl sites for hydroxylation is 1. The van der Waals surface area contributed by atoms with Gasteiger partial charge in [-0.3, -0.25) is 0 Å². The van der Waals surface area contributed by atoms with Gasteiger partial charge in [-0.15, -0.1) is 0 Å². The van der Waals surface area contributed by atoms with E-state index in [2.05, 4.69) is 9.97 Å². The van der Waals surface area contributed by atoms with Gasteiger partial charge in [0.2, 0.25) is 0 Å². The van der Waals surface area contributed by atoms with E-state index in [1.165, 1.54) is 0 Å². The fourth-order valence-electron chi connectivity index (χ4n) is 1.58. The van der Waals surface area contributed by atoms with Crippen LogP contribution in [-0.2, 0) is 0 Å². The molecule has 2 N–H and O–H groups in total. The Bertz CT molecular complexity index is 572. The average Bonchev–Trinajstić information content (AvgIpc) is 2.67. The standard InChI is InChI=1S/C11H11ClN2O2/c1-6-3-10(16-2)8(12)4-7(6)9-5-13-11(15)14-9/h3-5H,1-2H3,(H2,13,14,15). The molecule has 0 aliphatic heterocycles. The second-order valence-corrected chi connectivity index (χ2v) is 3.87. The summed E-state index contributed by atoms with van der Waals surface area (Å²) >= 11 is 6.03. The van der Waals surface area contributed by atoms with Gasteiger partial charge >= 0.3 is 5.69 Å². The van der Waals surface area contributed by atoms with Crippen LogP contribution < -0.4 is 10.4 Å². The maximum atomic E-state index is 11.0. The van der Waals surface area contributed by atoms with Crippen molar-refractivity contribution >= 4 is 11.6 Å². The summed E-state index contributed by atoms with van der Waals surface area (Å²) in [6.45, 7) is 1.93. The van der Waals surface area contributed by atoms with Crippen LogP contribution in [0.2, 0.25) is 5.02 Å². The number of methoxy groups -OCH3 is 1. The second-order valence-electron chi connectivity index (χ2n) is 3.46. The molecule has 0 aliphatic carbocycles. The molecule has 1 heterocycles. The predicted octanol–water partition coefficient (Wildman–Crippen LogP) is 2.34. The van der Waals surface area contributed by atoms with E-state index in [1.54, 1.807) is 19.4 Å². The third-order valence-electron chi connectivity index (χ3n) is 2.38. The van der Waals surface area contributed by atoms with Crippen molar-refractivity contribution < 1.29 is 4.74 Å². The molecule has 0 fully saturated rings. The number of imidazole rings is 1. The lowest BCUT2D eigenvalue weighted by Gasteiger charge is -2.08. The van der Waals surface area contributed by atoms with Gasteiger partial charge in [-0.05, 0) is 24.6 Å². The monoisotopic (exact) mass is 238 g/mol. The van der Waals surface area contributed by atoms with Gasteiger partial charge in [0, 0.05) is 11.8 Å². The fourth-order valence-corrected chi connectivity index (χ4v) is 1.82. The number of aromatic amines is 2. The van der Waals surface area contributed by atoms with Gasteiger partial charge in [-0.25, -0.2) is 4.79 Å². The van der Waals surface area contributed by atoms with Crippen LogP contribution in [0.5, 0.6) is 5.75 Å². The zero-order valence-electron chi connectivity index (χ0n) is 8.93. The van der Waals surface area contributed by atoms with Crippen LogP contribution in [0.15, 0.2) is 23.1 Å². The number of hydrogen-bond acceptors (Lipinski definition) is 2. The van der Waals surface area contributed by atoms with E-state index in [9.17, 15) is 4.79 Å². The highest BCUT2D eigenvalue weighted by Crippen LogP contribution is 2.32. The van der Waals surface area contributed by atoms with E-state index in [1.807, 2.05) is 13.0 Å². The van der Waals surface area contributed by atoms with E-state index < -0.39 is 0 Å². The molecule has 0 unspecified atom stereocenters. The van der Waals surface area contributed by atoms with E-state index in [0.29, 0.717) is 16.5 Å². The molecular weight excluding hydrogens is 228 g/mol. The maximum absolute atomic E-state index is 11.0. The molecule has 4 nitrogen and oxygen atoms in total. The Balaban J connectivity index is 2.58. The van der Waals surface area contributed by atoms with Crippen LogP contribution in [0.3, 0.4) is 0 Å². The Hall–Kier alpha value is -1.68. The topological polar surface area (TPSA) is 57.9 Å². The summed E-state index contributed by atoms with van der Waals surface area (Å²) < 4.78 is 5.11. The number of H-pyrrole nitrogens is 2. The van der Waals surface area contributed by atoms with Crippen molar-refractivity contribution in [1.82, 2.24) is 9.97 Å². The number of ether oxygens (including phenoxy) is 1. The quantitative estimate of drug-likeness (QED) is 0.844. The molecule has 1 aromatic heterocycles. The molecule has 0 saturated heterocycles. The molecule has 0 aliphatic rings. The summed E-state index contributed by atoms with van der Waals surface area (Å²) in [7, 11) is 1.57. The van der Waals surface area contributed by atoms with E-state index in [-0.39, 0.29) is 5.69 Å². The van der Waals surface area contributed by atoms with Crippen LogP contribution in [-0.4, -0.2) is 17.1 Å². The van der Waals surface area contributed by atoms with Crippen molar-refractivity contribution in [2.45, 2.75) is 6.92 Å². The SMILES string of the molecule is COc1cc(C)c(-c2c[nH]c(=O)[nH]2)cc1Cl. The van der Waals surface area contributed by atoms with Crippen molar-refractivity contribution in [3.05, 3.63) is 39.4 Å². The molecule has 0 bridgehead atoms. The average molecular weight is 239 g/mol. The highest BCUT2D eigenvalue weighted by molar-refractivity contribution is 6.32. The molecule has 1 aromatic carbocycles. The normalized spacial score (nSPS) is 10.4. The molecule has 0 spiro atoms. The van der Waals surface area contributed by atoms with E-state index in [4.69, 9.17) is 16.3 Å². The maximum Gasteiger partial charge on any atom is 0.323 e. The molecule has 0 atom stereocenters. The zero-order valence-corrected chi connectivity index (χ0v) is 9.68. The summed E-state index contributed by atoms with van der Waals surface area (Å²) in [5.74, 6) is 0.626. The number of aromatic nitrogens is 2. The van der Waals surface area contributed by atoms with Gasteiger partial charge in [0.25, 0.3) is 0 Å². The number of nitrogens with one attached hydrogen (secondary N) is 2. The summed E-state index contributed by atoms with van der Waals surface area (Å²) in [6.07, 6.45) is 1.62. The lowest BCUT2D eigenvalue weighted by Crippen LogP contribution is -2.00. The van der Waals surface area contributed by atoms with Crippen LogP contribution in [0.25, 0.3) is 11.3 Å². The van der Waals surface area contributed by atoms with Gasteiger partial charge in [-0.2, -0.15) is 0 Å². The number of halogens is 1. The number of hydrogen-bond donors (Lipinski definition) is 2. The minimum absolute atomic E-state index is 0.235. The Morgan fingerprint density at radius 3 is 2.69 bits per heavy atom. The van der Waals surface area contributed by atoms with Crippen molar-refractivity contribution in [3.8, 4) is 17.0 Å². The smallest absolute Gasteiger partial charge is 0.323 e. The third-order valence-corrected chi connectivity index (χ3v) is 2.68. The summed E-state index contributed by atoms with van der Waals surface area (Å²) in [4.78, 5) is 16.3. The van der Waals surface area contributed by atoms with E-state index >= 15 is 0 Å². The third kappa shape index (κ3) is 1.84. The van der Waals surface area contributed by atoms with Crippen LogP contribution in [0.4, 0.5) is 0 Å². The molecule has 0 saturated carbocycles. The predicted molar refractivity (Wildman–Crippen MR) is 63.1 cm³/mol. The Morgan fingerprint density at radius 1 is 1.38 bits per heavy atom. The van der Waals surface area contributed by atoms with Gasteiger partial charge in [0.1, 0.15) is 5.75 Å². The number of benzene rings is 1. The molecule has 0 amide bonds. The van der Waals surface area contributed by atoms with Gasteiger partial charge in [0.15, 0.2) is 0 Å². The minimum atomic E-state index is -0.235. The molecule has 2 rings (SSSR count). The van der Waals surface area contributed by atoms with Gasteiger partial charge < -0.3 is 14.7 Å². The fraction of sp³-hybridized carbons (Fsp3) is 0.182. The Kier molecular flexibility index (Phi) is 2.75. The van der Waals surface area contributed by atoms with Gasteiger partial charge in [0.05, 0.1) is 17.8 Å². The Morgan fingerprint density at radius 2 is 2.12 bits per heavy atom. The minimum Gasteiger partial charge on any atom is -0.495 e. The highest BCUT2D eigenvalue weighted by atomic mass is 35.5. The molecule has 16 heavy (non-hydrogen) atoms. The van der Waals surface area contributed by atoms with E-state index in [0.717, 1.165) is 11.1 Å². The number of rotatable bonds is 2. The largest absolute Gasteiger partial charge is 0.495 e. The first-order chi connectivity index (χ1) is 7.61.